The maximum absolute atomic E-state index is 13.5. The van der Waals surface area contributed by atoms with Crippen molar-refractivity contribution in [2.45, 2.75) is 32.9 Å². The predicted molar refractivity (Wildman–Crippen MR) is 106 cm³/mol. The maximum atomic E-state index is 13.5. The molecule has 29 heavy (non-hydrogen) atoms. The molecule has 0 aliphatic carbocycles. The number of fused-ring (bicyclic) bond motifs is 1. The Labute approximate surface area is 169 Å². The Bertz CT molecular complexity index is 904. The first-order chi connectivity index (χ1) is 13.9. The highest BCUT2D eigenvalue weighted by molar-refractivity contribution is 7.56. The van der Waals surface area contributed by atoms with Crippen molar-refractivity contribution >= 4 is 30.5 Å². The second kappa shape index (κ2) is 9.17. The highest BCUT2D eigenvalue weighted by Crippen LogP contribution is 2.55. The number of anilines is 1. The van der Waals surface area contributed by atoms with Crippen LogP contribution in [0.4, 0.5) is 5.82 Å². The number of methoxy groups -OCH3 is 1. The minimum absolute atomic E-state index is 0.0834. The molecule has 0 spiro atoms. The third-order valence-corrected chi connectivity index (χ3v) is 7.10. The van der Waals surface area contributed by atoms with Gasteiger partial charge < -0.3 is 24.3 Å². The van der Waals surface area contributed by atoms with Crippen LogP contribution < -0.4 is 5.73 Å². The van der Waals surface area contributed by atoms with Gasteiger partial charge in [0.25, 0.3) is 7.52 Å². The van der Waals surface area contributed by atoms with E-state index >= 15 is 0 Å². The number of nitrogens with zero attached hydrogens (tertiary/aromatic N) is 5. The molecule has 0 amide bonds. The standard InChI is InChI=1S/C17H27N6O5P/c1-12(2)14(17(24)26-3)23-5-4-7-28-29(23,25)11-27-8-6-22-10-21-13-15(18)19-9-20-16(13)22/h9-10,12,14H,4-8,11H2,1-3H3,(H2,18,19,20)/t14-,29-/m0/s1. The van der Waals surface area contributed by atoms with Gasteiger partial charge in [-0.2, -0.15) is 0 Å². The summed E-state index contributed by atoms with van der Waals surface area (Å²) in [5.74, 6) is -0.194. The first-order valence-corrected chi connectivity index (χ1v) is 11.2. The summed E-state index contributed by atoms with van der Waals surface area (Å²) in [4.78, 5) is 24.6. The summed E-state index contributed by atoms with van der Waals surface area (Å²) in [5, 5.41) is 0. The van der Waals surface area contributed by atoms with Crippen molar-refractivity contribution in [2.24, 2.45) is 5.92 Å². The van der Waals surface area contributed by atoms with Crippen LogP contribution >= 0.6 is 7.52 Å². The Balaban J connectivity index is 1.65. The fourth-order valence-corrected chi connectivity index (χ4v) is 5.70. The lowest BCUT2D eigenvalue weighted by Gasteiger charge is -2.40. The number of hydrogen-bond donors (Lipinski definition) is 1. The van der Waals surface area contributed by atoms with Gasteiger partial charge in [-0.3, -0.25) is 9.36 Å². The number of nitrogens with two attached hydrogens (primary N) is 1. The molecule has 0 aromatic carbocycles. The molecule has 0 radical (unpaired) electrons. The highest BCUT2D eigenvalue weighted by atomic mass is 31.2. The summed E-state index contributed by atoms with van der Waals surface area (Å²) in [6, 6.07) is -0.646. The van der Waals surface area contributed by atoms with Gasteiger partial charge in [0.15, 0.2) is 11.5 Å². The van der Waals surface area contributed by atoms with Gasteiger partial charge in [-0.05, 0) is 12.3 Å². The number of ether oxygens (including phenoxy) is 2. The second-order valence-electron chi connectivity index (χ2n) is 7.11. The topological polar surface area (TPSA) is 135 Å². The van der Waals surface area contributed by atoms with Crippen LogP contribution in [0.25, 0.3) is 11.2 Å². The van der Waals surface area contributed by atoms with Crippen molar-refractivity contribution < 1.29 is 23.4 Å². The summed E-state index contributed by atoms with van der Waals surface area (Å²) in [6.45, 7) is 5.34. The fraction of sp³-hybridized carbons (Fsp3) is 0.647. The number of carbonyl (C=O) groups is 1. The molecular formula is C17H27N6O5P. The van der Waals surface area contributed by atoms with Crippen LogP contribution in [0.15, 0.2) is 12.7 Å². The van der Waals surface area contributed by atoms with E-state index in [0.29, 0.717) is 43.1 Å². The third kappa shape index (κ3) is 4.58. The van der Waals surface area contributed by atoms with Gasteiger partial charge >= 0.3 is 5.97 Å². The number of aromatic nitrogens is 4. The van der Waals surface area contributed by atoms with E-state index in [-0.39, 0.29) is 18.9 Å². The van der Waals surface area contributed by atoms with Gasteiger partial charge in [0, 0.05) is 13.1 Å². The van der Waals surface area contributed by atoms with E-state index in [0.717, 1.165) is 0 Å². The molecule has 3 rings (SSSR count). The van der Waals surface area contributed by atoms with Crippen LogP contribution in [-0.2, 0) is 29.9 Å². The summed E-state index contributed by atoms with van der Waals surface area (Å²) in [6.07, 6.45) is 3.56. The molecular weight excluding hydrogens is 399 g/mol. The van der Waals surface area contributed by atoms with E-state index in [1.165, 1.54) is 13.4 Å². The molecule has 2 aromatic heterocycles. The zero-order valence-corrected chi connectivity index (χ0v) is 17.7. The van der Waals surface area contributed by atoms with Crippen molar-refractivity contribution in [2.75, 3.05) is 38.9 Å². The molecule has 11 nitrogen and oxygen atoms in total. The molecule has 1 fully saturated rings. The molecule has 160 valence electrons. The highest BCUT2D eigenvalue weighted by Gasteiger charge is 2.44. The first kappa shape index (κ1) is 21.6. The van der Waals surface area contributed by atoms with Crippen molar-refractivity contribution in [1.82, 2.24) is 24.2 Å². The number of carbonyl (C=O) groups excluding carboxylic acids is 1. The molecule has 1 saturated heterocycles. The van der Waals surface area contributed by atoms with Crippen LogP contribution in [0.5, 0.6) is 0 Å². The first-order valence-electron chi connectivity index (χ1n) is 9.45. The van der Waals surface area contributed by atoms with Crippen LogP contribution in [-0.4, -0.2) is 69.4 Å². The SMILES string of the molecule is COC(=O)[C@H](C(C)C)N1CCCO[P@@]1(=O)COCCn1cnc2c(N)ncnc21. The Morgan fingerprint density at radius 3 is 2.90 bits per heavy atom. The molecule has 3 heterocycles. The molecule has 0 saturated carbocycles. The number of nitrogen functional groups attached to an aromatic ring is 1. The number of rotatable bonds is 8. The van der Waals surface area contributed by atoms with E-state index < -0.39 is 19.5 Å². The van der Waals surface area contributed by atoms with Gasteiger partial charge in [0.05, 0.1) is 26.7 Å². The second-order valence-corrected chi connectivity index (χ2v) is 9.41. The average molecular weight is 426 g/mol. The molecule has 0 bridgehead atoms. The van der Waals surface area contributed by atoms with Gasteiger partial charge in [-0.15, -0.1) is 0 Å². The zero-order chi connectivity index (χ0) is 21.0. The fourth-order valence-electron chi connectivity index (χ4n) is 3.36. The van der Waals surface area contributed by atoms with Gasteiger partial charge in [-0.1, -0.05) is 13.8 Å². The summed E-state index contributed by atoms with van der Waals surface area (Å²) < 4.78 is 33.1. The number of hydrogen-bond acceptors (Lipinski definition) is 9. The van der Waals surface area contributed by atoms with Crippen molar-refractivity contribution in [3.8, 4) is 0 Å². The lowest BCUT2D eigenvalue weighted by molar-refractivity contribution is -0.147. The summed E-state index contributed by atoms with van der Waals surface area (Å²) >= 11 is 0. The molecule has 2 N–H and O–H groups in total. The zero-order valence-electron chi connectivity index (χ0n) is 16.9. The molecule has 12 heteroatoms. The molecule has 2 aromatic rings. The smallest absolute Gasteiger partial charge is 0.323 e. The number of esters is 1. The molecule has 2 atom stereocenters. The molecule has 1 aliphatic rings. The maximum Gasteiger partial charge on any atom is 0.323 e. The monoisotopic (exact) mass is 426 g/mol. The van der Waals surface area contributed by atoms with Crippen LogP contribution in [0.3, 0.4) is 0 Å². The minimum Gasteiger partial charge on any atom is -0.468 e. The Hall–Kier alpha value is -2.07. The van der Waals surface area contributed by atoms with Crippen molar-refractivity contribution in [1.29, 1.82) is 0 Å². The third-order valence-electron chi connectivity index (χ3n) is 4.77. The van der Waals surface area contributed by atoms with E-state index in [1.54, 1.807) is 15.6 Å². The van der Waals surface area contributed by atoms with E-state index in [9.17, 15) is 9.36 Å². The minimum atomic E-state index is -3.32. The normalized spacial score (nSPS) is 21.5. The average Bonchev–Trinajstić information content (AvgIpc) is 3.11. The quantitative estimate of drug-likeness (QED) is 0.376. The van der Waals surface area contributed by atoms with E-state index in [1.807, 2.05) is 13.8 Å². The van der Waals surface area contributed by atoms with Crippen LogP contribution in [0.2, 0.25) is 0 Å². The Kier molecular flexibility index (Phi) is 6.84. The lowest BCUT2D eigenvalue weighted by Crippen LogP contribution is -2.46. The van der Waals surface area contributed by atoms with Gasteiger partial charge in [0.2, 0.25) is 0 Å². The van der Waals surface area contributed by atoms with Gasteiger partial charge in [0.1, 0.15) is 24.2 Å². The summed E-state index contributed by atoms with van der Waals surface area (Å²) in [7, 11) is -1.99. The van der Waals surface area contributed by atoms with E-state index in [4.69, 9.17) is 19.7 Å². The van der Waals surface area contributed by atoms with Crippen molar-refractivity contribution in [3.63, 3.8) is 0 Å². The largest absolute Gasteiger partial charge is 0.468 e. The van der Waals surface area contributed by atoms with Crippen LogP contribution in [0, 0.1) is 5.92 Å². The van der Waals surface area contributed by atoms with Crippen molar-refractivity contribution in [3.05, 3.63) is 12.7 Å². The summed E-state index contributed by atoms with van der Waals surface area (Å²) in [5.41, 5.74) is 6.92. The Morgan fingerprint density at radius 1 is 1.38 bits per heavy atom. The Morgan fingerprint density at radius 2 is 2.17 bits per heavy atom. The predicted octanol–water partition coefficient (Wildman–Crippen LogP) is 1.50. The lowest BCUT2D eigenvalue weighted by atomic mass is 10.0. The van der Waals surface area contributed by atoms with E-state index in [2.05, 4.69) is 15.0 Å². The molecule has 1 aliphatic heterocycles. The molecule has 0 unspecified atom stereocenters. The number of imidazole rings is 1. The van der Waals surface area contributed by atoms with Crippen LogP contribution in [0.1, 0.15) is 20.3 Å². The van der Waals surface area contributed by atoms with Gasteiger partial charge in [-0.25, -0.2) is 19.6 Å².